The Bertz CT molecular complexity index is 647. The molecule has 1 aromatic carbocycles. The van der Waals surface area contributed by atoms with E-state index in [0.717, 1.165) is 18.6 Å². The minimum atomic E-state index is -1.01. The van der Waals surface area contributed by atoms with E-state index in [1.165, 1.54) is 6.07 Å². The third-order valence-electron chi connectivity index (χ3n) is 2.77. The van der Waals surface area contributed by atoms with Crippen molar-refractivity contribution in [3.8, 4) is 0 Å². The standard InChI is InChI=1S/C15H15F2N3O/c1-2-7-18-14-11(4-3-8-19-14)15(21)20-10-5-6-12(16)13(17)9-10/h3-6,8-9H,2,7H2,1H3,(H,18,19)(H,20,21). The summed E-state index contributed by atoms with van der Waals surface area (Å²) in [5, 5.41) is 5.56. The first kappa shape index (κ1) is 14.9. The number of benzene rings is 1. The van der Waals surface area contributed by atoms with Gasteiger partial charge in [-0.15, -0.1) is 0 Å². The van der Waals surface area contributed by atoms with Crippen molar-refractivity contribution in [1.29, 1.82) is 0 Å². The van der Waals surface area contributed by atoms with Crippen LogP contribution in [-0.4, -0.2) is 17.4 Å². The van der Waals surface area contributed by atoms with Crippen LogP contribution in [0.4, 0.5) is 20.3 Å². The van der Waals surface area contributed by atoms with Gasteiger partial charge in [0.1, 0.15) is 5.82 Å². The summed E-state index contributed by atoms with van der Waals surface area (Å²) >= 11 is 0. The van der Waals surface area contributed by atoms with Crippen LogP contribution < -0.4 is 10.6 Å². The Morgan fingerprint density at radius 3 is 2.76 bits per heavy atom. The third kappa shape index (κ3) is 3.75. The second-order valence-electron chi connectivity index (χ2n) is 4.41. The molecule has 2 rings (SSSR count). The molecule has 0 aliphatic heterocycles. The minimum Gasteiger partial charge on any atom is -0.369 e. The van der Waals surface area contributed by atoms with E-state index < -0.39 is 17.5 Å². The second-order valence-corrected chi connectivity index (χ2v) is 4.41. The molecule has 0 fully saturated rings. The number of hydrogen-bond donors (Lipinski definition) is 2. The summed E-state index contributed by atoms with van der Waals surface area (Å²) in [6.07, 6.45) is 2.47. The van der Waals surface area contributed by atoms with Crippen molar-refractivity contribution >= 4 is 17.4 Å². The van der Waals surface area contributed by atoms with Gasteiger partial charge in [-0.1, -0.05) is 6.92 Å². The Balaban J connectivity index is 2.18. The van der Waals surface area contributed by atoms with Crippen LogP contribution in [0.5, 0.6) is 0 Å². The smallest absolute Gasteiger partial charge is 0.259 e. The Morgan fingerprint density at radius 1 is 1.24 bits per heavy atom. The zero-order chi connectivity index (χ0) is 15.2. The molecule has 0 bridgehead atoms. The molecule has 110 valence electrons. The Hall–Kier alpha value is -2.50. The minimum absolute atomic E-state index is 0.184. The van der Waals surface area contributed by atoms with E-state index in [1.54, 1.807) is 18.3 Å². The lowest BCUT2D eigenvalue weighted by atomic mass is 10.2. The average molecular weight is 291 g/mol. The maximum atomic E-state index is 13.1. The van der Waals surface area contributed by atoms with Crippen molar-refractivity contribution in [2.45, 2.75) is 13.3 Å². The predicted octanol–water partition coefficient (Wildman–Crippen LogP) is 3.43. The molecule has 2 aromatic rings. The van der Waals surface area contributed by atoms with Crippen molar-refractivity contribution in [2.75, 3.05) is 17.2 Å². The molecular weight excluding hydrogens is 276 g/mol. The largest absolute Gasteiger partial charge is 0.369 e. The molecule has 21 heavy (non-hydrogen) atoms. The fourth-order valence-electron chi connectivity index (χ4n) is 1.75. The molecule has 0 spiro atoms. The van der Waals surface area contributed by atoms with Gasteiger partial charge in [-0.2, -0.15) is 0 Å². The molecule has 2 N–H and O–H groups in total. The van der Waals surface area contributed by atoms with E-state index in [1.807, 2.05) is 6.92 Å². The van der Waals surface area contributed by atoms with Gasteiger partial charge < -0.3 is 10.6 Å². The van der Waals surface area contributed by atoms with E-state index in [0.29, 0.717) is 17.9 Å². The average Bonchev–Trinajstić information content (AvgIpc) is 2.49. The Morgan fingerprint density at radius 2 is 2.05 bits per heavy atom. The molecule has 0 saturated heterocycles. The molecule has 1 heterocycles. The van der Waals surface area contributed by atoms with E-state index >= 15 is 0 Å². The van der Waals surface area contributed by atoms with Crippen LogP contribution in [0.15, 0.2) is 36.5 Å². The number of carbonyl (C=O) groups excluding carboxylic acids is 1. The summed E-state index contributed by atoms with van der Waals surface area (Å²) in [5.41, 5.74) is 0.528. The zero-order valence-electron chi connectivity index (χ0n) is 11.5. The zero-order valence-corrected chi connectivity index (χ0v) is 11.5. The van der Waals surface area contributed by atoms with Crippen molar-refractivity contribution < 1.29 is 13.6 Å². The van der Waals surface area contributed by atoms with Crippen LogP contribution >= 0.6 is 0 Å². The van der Waals surface area contributed by atoms with Crippen molar-refractivity contribution in [3.05, 3.63) is 53.7 Å². The quantitative estimate of drug-likeness (QED) is 0.887. The molecule has 0 radical (unpaired) electrons. The molecule has 4 nitrogen and oxygen atoms in total. The number of rotatable bonds is 5. The Kier molecular flexibility index (Phi) is 4.81. The molecule has 6 heteroatoms. The van der Waals surface area contributed by atoms with Crippen molar-refractivity contribution in [2.24, 2.45) is 0 Å². The maximum absolute atomic E-state index is 13.1. The maximum Gasteiger partial charge on any atom is 0.259 e. The number of amides is 1. The second kappa shape index (κ2) is 6.78. The summed E-state index contributed by atoms with van der Waals surface area (Å²) in [5.74, 6) is -1.95. The van der Waals surface area contributed by atoms with Gasteiger partial charge >= 0.3 is 0 Å². The van der Waals surface area contributed by atoms with Crippen LogP contribution in [0.1, 0.15) is 23.7 Å². The van der Waals surface area contributed by atoms with Gasteiger partial charge in [-0.25, -0.2) is 13.8 Å². The third-order valence-corrected chi connectivity index (χ3v) is 2.77. The fourth-order valence-corrected chi connectivity index (χ4v) is 1.75. The van der Waals surface area contributed by atoms with Crippen molar-refractivity contribution in [1.82, 2.24) is 4.98 Å². The fraction of sp³-hybridized carbons (Fsp3) is 0.200. The van der Waals surface area contributed by atoms with Gasteiger partial charge in [0.2, 0.25) is 0 Å². The molecule has 0 atom stereocenters. The first-order chi connectivity index (χ1) is 10.1. The van der Waals surface area contributed by atoms with Gasteiger partial charge in [-0.05, 0) is 30.7 Å². The summed E-state index contributed by atoms with van der Waals surface area (Å²) < 4.78 is 26.0. The highest BCUT2D eigenvalue weighted by atomic mass is 19.2. The first-order valence-corrected chi connectivity index (χ1v) is 6.57. The number of nitrogens with zero attached hydrogens (tertiary/aromatic N) is 1. The van der Waals surface area contributed by atoms with Crippen LogP contribution in [0.25, 0.3) is 0 Å². The number of pyridine rings is 1. The number of aromatic nitrogens is 1. The SMILES string of the molecule is CCCNc1ncccc1C(=O)Nc1ccc(F)c(F)c1. The molecule has 1 amide bonds. The van der Waals surface area contributed by atoms with Gasteiger partial charge in [0.05, 0.1) is 5.56 Å². The number of halogens is 2. The number of anilines is 2. The van der Waals surface area contributed by atoms with E-state index in [-0.39, 0.29) is 5.69 Å². The van der Waals surface area contributed by atoms with Gasteiger partial charge in [0, 0.05) is 24.5 Å². The summed E-state index contributed by atoms with van der Waals surface area (Å²) in [4.78, 5) is 16.3. The predicted molar refractivity (Wildman–Crippen MR) is 77.3 cm³/mol. The summed E-state index contributed by atoms with van der Waals surface area (Å²) in [6, 6.07) is 6.44. The lowest BCUT2D eigenvalue weighted by molar-refractivity contribution is 0.102. The van der Waals surface area contributed by atoms with Crippen LogP contribution in [0, 0.1) is 11.6 Å². The highest BCUT2D eigenvalue weighted by molar-refractivity contribution is 6.07. The lowest BCUT2D eigenvalue weighted by Crippen LogP contribution is -2.16. The van der Waals surface area contributed by atoms with Crippen LogP contribution in [-0.2, 0) is 0 Å². The van der Waals surface area contributed by atoms with E-state index in [2.05, 4.69) is 15.6 Å². The van der Waals surface area contributed by atoms with Gasteiger partial charge in [-0.3, -0.25) is 4.79 Å². The summed E-state index contributed by atoms with van der Waals surface area (Å²) in [7, 11) is 0. The van der Waals surface area contributed by atoms with Gasteiger partial charge in [0.25, 0.3) is 5.91 Å². The highest BCUT2D eigenvalue weighted by Crippen LogP contribution is 2.17. The van der Waals surface area contributed by atoms with E-state index in [9.17, 15) is 13.6 Å². The molecule has 0 unspecified atom stereocenters. The first-order valence-electron chi connectivity index (χ1n) is 6.57. The topological polar surface area (TPSA) is 54.0 Å². The molecular formula is C15H15F2N3O. The molecule has 0 aliphatic rings. The Labute approximate surface area is 121 Å². The lowest BCUT2D eigenvalue weighted by Gasteiger charge is -2.10. The highest BCUT2D eigenvalue weighted by Gasteiger charge is 2.13. The van der Waals surface area contributed by atoms with Gasteiger partial charge in [0.15, 0.2) is 11.6 Å². The van der Waals surface area contributed by atoms with E-state index in [4.69, 9.17) is 0 Å². The monoisotopic (exact) mass is 291 g/mol. The normalized spacial score (nSPS) is 10.2. The summed E-state index contributed by atoms with van der Waals surface area (Å²) in [6.45, 7) is 2.68. The number of nitrogens with one attached hydrogen (secondary N) is 2. The number of hydrogen-bond acceptors (Lipinski definition) is 3. The number of carbonyl (C=O) groups is 1. The molecule has 0 aliphatic carbocycles. The molecule has 0 saturated carbocycles. The van der Waals surface area contributed by atoms with Crippen LogP contribution in [0.3, 0.4) is 0 Å². The van der Waals surface area contributed by atoms with Crippen molar-refractivity contribution in [3.63, 3.8) is 0 Å². The molecule has 1 aromatic heterocycles. The van der Waals surface area contributed by atoms with Crippen LogP contribution in [0.2, 0.25) is 0 Å².